The third-order valence-corrected chi connectivity index (χ3v) is 4.08. The van der Waals surface area contributed by atoms with Gasteiger partial charge in [0.05, 0.1) is 7.11 Å². The first-order chi connectivity index (χ1) is 13.5. The van der Waals surface area contributed by atoms with Crippen molar-refractivity contribution in [3.05, 3.63) is 65.2 Å². The van der Waals surface area contributed by atoms with Crippen LogP contribution in [0.25, 0.3) is 11.0 Å². The van der Waals surface area contributed by atoms with Gasteiger partial charge in [0, 0.05) is 18.0 Å². The molecule has 1 N–H and O–H groups in total. The molecule has 7 heteroatoms. The summed E-state index contributed by atoms with van der Waals surface area (Å²) in [5.74, 6) is -0.598. The molecule has 1 heterocycles. The first-order valence-corrected chi connectivity index (χ1v) is 8.74. The third kappa shape index (κ3) is 4.20. The van der Waals surface area contributed by atoms with Crippen LogP contribution in [0.5, 0.6) is 5.75 Å². The smallest absolute Gasteiger partial charge is 0.332 e. The molecule has 1 aromatic heterocycles. The van der Waals surface area contributed by atoms with Gasteiger partial charge in [-0.15, -0.1) is 0 Å². The number of fused-ring (bicyclic) bond motifs is 1. The van der Waals surface area contributed by atoms with Crippen molar-refractivity contribution in [1.29, 1.82) is 0 Å². The highest BCUT2D eigenvalue weighted by Crippen LogP contribution is 2.24. The zero-order valence-corrected chi connectivity index (χ0v) is 15.8. The topological polar surface area (TPSA) is 90.1 Å². The summed E-state index contributed by atoms with van der Waals surface area (Å²) in [7, 11) is 1.51. The van der Waals surface area contributed by atoms with Crippen molar-refractivity contribution in [1.82, 2.24) is 0 Å². The molecule has 0 bridgehead atoms. The minimum Gasteiger partial charge on any atom is -0.493 e. The molecule has 7 nitrogen and oxygen atoms in total. The van der Waals surface area contributed by atoms with Crippen molar-refractivity contribution in [3.8, 4) is 5.75 Å². The van der Waals surface area contributed by atoms with E-state index in [1.165, 1.54) is 14.0 Å². The molecule has 2 aromatic carbocycles. The minimum absolute atomic E-state index is 0.126. The Bertz CT molecular complexity index is 1080. The lowest BCUT2D eigenvalue weighted by Crippen LogP contribution is -2.22. The second kappa shape index (κ2) is 8.39. The predicted octanol–water partition coefficient (Wildman–Crippen LogP) is 3.63. The Kier molecular flexibility index (Phi) is 5.74. The molecule has 0 spiro atoms. The molecule has 1 amide bonds. The molecule has 0 saturated carbocycles. The average molecular weight is 380 g/mol. The van der Waals surface area contributed by atoms with Crippen LogP contribution in [-0.4, -0.2) is 19.0 Å². The van der Waals surface area contributed by atoms with E-state index >= 15 is 0 Å². The van der Waals surface area contributed by atoms with Crippen molar-refractivity contribution >= 4 is 28.5 Å². The number of carbonyl (C=O) groups is 2. The van der Waals surface area contributed by atoms with E-state index in [0.717, 1.165) is 12.0 Å². The second-order valence-electron chi connectivity index (χ2n) is 6.02. The fourth-order valence-corrected chi connectivity index (χ4v) is 2.64. The van der Waals surface area contributed by atoms with E-state index in [0.29, 0.717) is 22.4 Å². The molecule has 144 valence electrons. The van der Waals surface area contributed by atoms with E-state index < -0.39 is 11.9 Å². The van der Waals surface area contributed by atoms with Crippen LogP contribution in [-0.2, 0) is 16.1 Å². The number of hydrogen-bond acceptors (Lipinski definition) is 6. The lowest BCUT2D eigenvalue weighted by atomic mass is 10.1. The van der Waals surface area contributed by atoms with E-state index in [-0.39, 0.29) is 11.1 Å². The van der Waals surface area contributed by atoms with Crippen molar-refractivity contribution in [2.75, 3.05) is 12.4 Å². The molecule has 0 saturated heterocycles. The predicted molar refractivity (Wildman–Crippen MR) is 104 cm³/mol. The maximum atomic E-state index is 12.8. The Hall–Kier alpha value is -3.61. The normalized spacial score (nSPS) is 11.3. The quantitative estimate of drug-likeness (QED) is 0.539. The largest absolute Gasteiger partial charge is 0.493 e. The molecule has 0 aliphatic rings. The Morgan fingerprint density at radius 1 is 1.14 bits per heavy atom. The van der Waals surface area contributed by atoms with Gasteiger partial charge in [0.25, 0.3) is 11.5 Å². The number of hydrogen-bond donors (Lipinski definition) is 1. The van der Waals surface area contributed by atoms with E-state index in [9.17, 15) is 9.59 Å². The minimum atomic E-state index is -0.628. The van der Waals surface area contributed by atoms with Gasteiger partial charge in [0.2, 0.25) is 0 Å². The fourth-order valence-electron chi connectivity index (χ4n) is 2.64. The van der Waals surface area contributed by atoms with Gasteiger partial charge in [0.1, 0.15) is 5.56 Å². The summed E-state index contributed by atoms with van der Waals surface area (Å²) >= 11 is 0. The molecule has 0 unspecified atom stereocenters. The maximum absolute atomic E-state index is 12.8. The molecule has 3 rings (SSSR count). The van der Waals surface area contributed by atoms with Crippen LogP contribution in [0.4, 0.5) is 5.69 Å². The van der Waals surface area contributed by atoms with Crippen molar-refractivity contribution in [2.45, 2.75) is 20.3 Å². The zero-order chi connectivity index (χ0) is 20.1. The Morgan fingerprint density at radius 2 is 1.89 bits per heavy atom. The van der Waals surface area contributed by atoms with Crippen LogP contribution in [0.1, 0.15) is 29.8 Å². The summed E-state index contributed by atoms with van der Waals surface area (Å²) in [4.78, 5) is 28.7. The number of anilines is 1. The lowest BCUT2D eigenvalue weighted by Gasteiger charge is -2.09. The van der Waals surface area contributed by atoms with Crippen LogP contribution in [0.15, 0.2) is 58.1 Å². The van der Waals surface area contributed by atoms with Gasteiger partial charge in [-0.2, -0.15) is 0 Å². The molecular weight excluding hydrogens is 360 g/mol. The highest BCUT2D eigenvalue weighted by atomic mass is 16.7. The van der Waals surface area contributed by atoms with Gasteiger partial charge in [-0.1, -0.05) is 31.2 Å². The number of rotatable bonds is 5. The number of methoxy groups -OCH3 is 1. The number of benzene rings is 2. The molecule has 0 atom stereocenters. The molecule has 0 aliphatic heterocycles. The monoisotopic (exact) mass is 380 g/mol. The number of carbonyl (C=O) groups excluding carboxylic acids is 2. The van der Waals surface area contributed by atoms with Crippen LogP contribution in [0, 0.1) is 0 Å². The second-order valence-corrected chi connectivity index (χ2v) is 6.02. The molecule has 0 aliphatic carbocycles. The lowest BCUT2D eigenvalue weighted by molar-refractivity contribution is -0.141. The maximum Gasteiger partial charge on any atom is 0.332 e. The van der Waals surface area contributed by atoms with Gasteiger partial charge >= 0.3 is 5.97 Å². The van der Waals surface area contributed by atoms with E-state index in [2.05, 4.69) is 17.4 Å². The number of nitrogens with zero attached hydrogens (tertiary/aromatic N) is 1. The number of para-hydroxylation sites is 1. The van der Waals surface area contributed by atoms with Crippen LogP contribution in [0.3, 0.4) is 0 Å². The van der Waals surface area contributed by atoms with Crippen molar-refractivity contribution in [2.24, 2.45) is 5.16 Å². The van der Waals surface area contributed by atoms with Gasteiger partial charge in [-0.25, -0.2) is 4.79 Å². The average Bonchev–Trinajstić information content (AvgIpc) is 2.71. The molecule has 28 heavy (non-hydrogen) atoms. The van der Waals surface area contributed by atoms with Crippen molar-refractivity contribution in [3.63, 3.8) is 0 Å². The van der Waals surface area contributed by atoms with Crippen LogP contribution in [0.2, 0.25) is 0 Å². The fraction of sp³-hybridized carbons (Fsp3) is 0.190. The van der Waals surface area contributed by atoms with Crippen LogP contribution < -0.4 is 15.6 Å². The van der Waals surface area contributed by atoms with Crippen LogP contribution >= 0.6 is 0 Å². The number of nitrogens with one attached hydrogen (secondary N) is 1. The summed E-state index contributed by atoms with van der Waals surface area (Å²) in [5.41, 5.74) is 2.18. The van der Waals surface area contributed by atoms with E-state index in [4.69, 9.17) is 14.0 Å². The number of ether oxygens (including phenoxy) is 1. The first kappa shape index (κ1) is 19.2. The third-order valence-electron chi connectivity index (χ3n) is 4.08. The Labute approximate surface area is 161 Å². The number of aryl methyl sites for hydroxylation is 1. The molecular formula is C21H20N2O5. The summed E-state index contributed by atoms with van der Waals surface area (Å²) in [6.07, 6.45) is 0.908. The Balaban J connectivity index is 2.06. The summed E-state index contributed by atoms with van der Waals surface area (Å²) in [5, 5.41) is 7.13. The highest BCUT2D eigenvalue weighted by molar-refractivity contribution is 6.05. The SMILES string of the molecule is CCc1ccc(NC(=O)c2cc3cccc(OC)c3oc2=NOC(C)=O)cc1. The van der Waals surface area contributed by atoms with Gasteiger partial charge in [-0.05, 0) is 41.4 Å². The standard InChI is InChI=1S/C21H20N2O5/c1-4-14-8-10-16(11-9-14)22-20(25)17-12-15-6-5-7-18(26-3)19(15)27-21(17)23-28-13(2)24/h5-12H,4H2,1-3H3,(H,22,25). The summed E-state index contributed by atoms with van der Waals surface area (Å²) in [6, 6.07) is 14.4. The summed E-state index contributed by atoms with van der Waals surface area (Å²) in [6.45, 7) is 3.27. The van der Waals surface area contributed by atoms with E-state index in [1.807, 2.05) is 24.3 Å². The first-order valence-electron chi connectivity index (χ1n) is 8.74. The van der Waals surface area contributed by atoms with Gasteiger partial charge < -0.3 is 19.3 Å². The van der Waals surface area contributed by atoms with Crippen molar-refractivity contribution < 1.29 is 23.6 Å². The Morgan fingerprint density at radius 3 is 2.54 bits per heavy atom. The molecule has 3 aromatic rings. The molecule has 0 fully saturated rings. The molecule has 0 radical (unpaired) electrons. The number of amides is 1. The van der Waals surface area contributed by atoms with Gasteiger partial charge in [-0.3, -0.25) is 4.79 Å². The zero-order valence-electron chi connectivity index (χ0n) is 15.8. The van der Waals surface area contributed by atoms with E-state index in [1.54, 1.807) is 24.3 Å². The highest BCUT2D eigenvalue weighted by Gasteiger charge is 2.15. The summed E-state index contributed by atoms with van der Waals surface area (Å²) < 4.78 is 11.0. The van der Waals surface area contributed by atoms with Gasteiger partial charge in [0.15, 0.2) is 11.3 Å².